The van der Waals surface area contributed by atoms with E-state index in [0.29, 0.717) is 25.8 Å². The molecule has 9 heteroatoms. The third-order valence-corrected chi connectivity index (χ3v) is 5.72. The van der Waals surface area contributed by atoms with Gasteiger partial charge in [-0.15, -0.1) is 0 Å². The minimum atomic E-state index is -1.14. The maximum Gasteiger partial charge on any atom is 0.326 e. The number of nitrogens with zero attached hydrogens (tertiary/aromatic N) is 1. The normalized spacial score (nSPS) is 18.7. The Balaban J connectivity index is 2.12. The Kier molecular flexibility index (Phi) is 8.99. The number of carboxylic acid groups (broad SMARTS) is 1. The summed E-state index contributed by atoms with van der Waals surface area (Å²) in [6.07, 6.45) is 1.86. The molecular formula is C22H32N4O5. The van der Waals surface area contributed by atoms with Crippen LogP contribution in [0.3, 0.4) is 0 Å². The second-order valence-electron chi connectivity index (χ2n) is 7.91. The molecule has 1 saturated heterocycles. The quantitative estimate of drug-likeness (QED) is 0.418. The van der Waals surface area contributed by atoms with Crippen LogP contribution in [0.5, 0.6) is 0 Å². The molecule has 1 aliphatic rings. The summed E-state index contributed by atoms with van der Waals surface area (Å²) in [5, 5.41) is 14.8. The van der Waals surface area contributed by atoms with Gasteiger partial charge in [0, 0.05) is 13.0 Å². The van der Waals surface area contributed by atoms with E-state index in [1.54, 1.807) is 24.3 Å². The SMILES string of the molecule is CCC(C)C(NC(=O)CN)C(=O)N1CCCC1C(=O)NC(Cc1ccccc1)C(=O)O. The van der Waals surface area contributed by atoms with E-state index in [2.05, 4.69) is 10.6 Å². The predicted molar refractivity (Wildman–Crippen MR) is 115 cm³/mol. The molecule has 9 nitrogen and oxygen atoms in total. The van der Waals surface area contributed by atoms with Crippen molar-refractivity contribution >= 4 is 23.7 Å². The molecule has 0 bridgehead atoms. The van der Waals surface area contributed by atoms with Gasteiger partial charge in [-0.25, -0.2) is 4.79 Å². The van der Waals surface area contributed by atoms with Gasteiger partial charge in [-0.05, 0) is 24.3 Å². The van der Waals surface area contributed by atoms with Gasteiger partial charge in [-0.3, -0.25) is 14.4 Å². The van der Waals surface area contributed by atoms with Crippen molar-refractivity contribution in [2.45, 2.75) is 57.7 Å². The number of amides is 3. The molecule has 5 N–H and O–H groups in total. The van der Waals surface area contributed by atoms with E-state index in [-0.39, 0.29) is 24.8 Å². The first-order valence-electron chi connectivity index (χ1n) is 10.7. The van der Waals surface area contributed by atoms with Crippen molar-refractivity contribution in [2.75, 3.05) is 13.1 Å². The zero-order valence-corrected chi connectivity index (χ0v) is 18.0. The maximum absolute atomic E-state index is 13.2. The number of carboxylic acids is 1. The molecule has 1 aliphatic heterocycles. The predicted octanol–water partition coefficient (Wildman–Crippen LogP) is 0.279. The van der Waals surface area contributed by atoms with Gasteiger partial charge in [0.25, 0.3) is 0 Å². The fourth-order valence-electron chi connectivity index (χ4n) is 3.71. The molecule has 31 heavy (non-hydrogen) atoms. The van der Waals surface area contributed by atoms with Crippen molar-refractivity contribution in [1.82, 2.24) is 15.5 Å². The number of nitrogens with one attached hydrogen (secondary N) is 2. The first-order chi connectivity index (χ1) is 14.8. The molecule has 4 unspecified atom stereocenters. The highest BCUT2D eigenvalue weighted by molar-refractivity contribution is 5.94. The van der Waals surface area contributed by atoms with Crippen LogP contribution in [0, 0.1) is 5.92 Å². The maximum atomic E-state index is 13.2. The van der Waals surface area contributed by atoms with Gasteiger partial charge in [0.2, 0.25) is 17.7 Å². The van der Waals surface area contributed by atoms with Crippen molar-refractivity contribution < 1.29 is 24.3 Å². The Morgan fingerprint density at radius 3 is 2.45 bits per heavy atom. The Labute approximate surface area is 182 Å². The smallest absolute Gasteiger partial charge is 0.326 e. The number of nitrogens with two attached hydrogens (primary N) is 1. The summed E-state index contributed by atoms with van der Waals surface area (Å²) in [5.41, 5.74) is 6.17. The summed E-state index contributed by atoms with van der Waals surface area (Å²) in [6.45, 7) is 3.91. The van der Waals surface area contributed by atoms with E-state index < -0.39 is 35.9 Å². The fourth-order valence-corrected chi connectivity index (χ4v) is 3.71. The van der Waals surface area contributed by atoms with Crippen LogP contribution in [-0.4, -0.2) is 64.9 Å². The Hall–Kier alpha value is -2.94. The number of hydrogen-bond donors (Lipinski definition) is 4. The number of rotatable bonds is 10. The summed E-state index contributed by atoms with van der Waals surface area (Å²) >= 11 is 0. The molecule has 0 aromatic heterocycles. The summed E-state index contributed by atoms with van der Waals surface area (Å²) in [5.74, 6) is -2.56. The number of carbonyl (C=O) groups is 4. The second-order valence-corrected chi connectivity index (χ2v) is 7.91. The number of aliphatic carboxylic acids is 1. The molecule has 3 amide bonds. The van der Waals surface area contributed by atoms with Crippen molar-refractivity contribution in [3.8, 4) is 0 Å². The standard InChI is InChI=1S/C22H32N4O5/c1-3-14(2)19(25-18(27)13-23)21(29)26-11-7-10-17(26)20(28)24-16(22(30)31)12-15-8-5-4-6-9-15/h4-6,8-9,14,16-17,19H,3,7,10-13,23H2,1-2H3,(H,24,28)(H,25,27)(H,30,31). The van der Waals surface area contributed by atoms with Crippen LogP contribution in [0.4, 0.5) is 0 Å². The number of benzene rings is 1. The number of hydrogen-bond acceptors (Lipinski definition) is 5. The van der Waals surface area contributed by atoms with Crippen molar-refractivity contribution in [2.24, 2.45) is 11.7 Å². The van der Waals surface area contributed by atoms with Crippen LogP contribution < -0.4 is 16.4 Å². The number of carbonyl (C=O) groups excluding carboxylic acids is 3. The minimum absolute atomic E-state index is 0.142. The zero-order valence-electron chi connectivity index (χ0n) is 18.0. The largest absolute Gasteiger partial charge is 0.480 e. The summed E-state index contributed by atoms with van der Waals surface area (Å²) in [6, 6.07) is 6.37. The average molecular weight is 433 g/mol. The van der Waals surface area contributed by atoms with Crippen LogP contribution >= 0.6 is 0 Å². The lowest BCUT2D eigenvalue weighted by Gasteiger charge is -2.31. The first kappa shape index (κ1) is 24.3. The third-order valence-electron chi connectivity index (χ3n) is 5.72. The topological polar surface area (TPSA) is 142 Å². The molecule has 1 fully saturated rings. The minimum Gasteiger partial charge on any atom is -0.480 e. The van der Waals surface area contributed by atoms with E-state index in [1.807, 2.05) is 19.9 Å². The summed E-state index contributed by atoms with van der Waals surface area (Å²) < 4.78 is 0. The van der Waals surface area contributed by atoms with E-state index in [4.69, 9.17) is 5.73 Å². The van der Waals surface area contributed by atoms with Crippen LogP contribution in [-0.2, 0) is 25.6 Å². The summed E-state index contributed by atoms with van der Waals surface area (Å²) in [7, 11) is 0. The molecule has 170 valence electrons. The molecule has 4 atom stereocenters. The molecule has 1 aromatic rings. The zero-order chi connectivity index (χ0) is 23.0. The highest BCUT2D eigenvalue weighted by atomic mass is 16.4. The monoisotopic (exact) mass is 432 g/mol. The molecule has 0 saturated carbocycles. The van der Waals surface area contributed by atoms with E-state index >= 15 is 0 Å². The van der Waals surface area contributed by atoms with Crippen LogP contribution in [0.1, 0.15) is 38.7 Å². The lowest BCUT2D eigenvalue weighted by atomic mass is 9.97. The summed E-state index contributed by atoms with van der Waals surface area (Å²) in [4.78, 5) is 51.1. The van der Waals surface area contributed by atoms with E-state index in [9.17, 15) is 24.3 Å². The van der Waals surface area contributed by atoms with Gasteiger partial charge >= 0.3 is 5.97 Å². The van der Waals surface area contributed by atoms with Crippen LogP contribution in [0.25, 0.3) is 0 Å². The Morgan fingerprint density at radius 2 is 1.87 bits per heavy atom. The highest BCUT2D eigenvalue weighted by Gasteiger charge is 2.40. The van der Waals surface area contributed by atoms with Crippen molar-refractivity contribution in [1.29, 1.82) is 0 Å². The average Bonchev–Trinajstić information content (AvgIpc) is 3.26. The molecule has 0 radical (unpaired) electrons. The highest BCUT2D eigenvalue weighted by Crippen LogP contribution is 2.22. The van der Waals surface area contributed by atoms with Gasteiger partial charge < -0.3 is 26.4 Å². The van der Waals surface area contributed by atoms with Crippen molar-refractivity contribution in [3.05, 3.63) is 35.9 Å². The van der Waals surface area contributed by atoms with Gasteiger partial charge in [0.1, 0.15) is 18.1 Å². The Morgan fingerprint density at radius 1 is 1.19 bits per heavy atom. The van der Waals surface area contributed by atoms with Gasteiger partial charge in [-0.1, -0.05) is 50.6 Å². The molecule has 1 aromatic carbocycles. The lowest BCUT2D eigenvalue weighted by Crippen LogP contribution is -2.57. The molecule has 0 aliphatic carbocycles. The first-order valence-corrected chi connectivity index (χ1v) is 10.7. The van der Waals surface area contributed by atoms with Gasteiger partial charge in [0.05, 0.1) is 6.54 Å². The molecule has 0 spiro atoms. The van der Waals surface area contributed by atoms with E-state index in [0.717, 1.165) is 5.56 Å². The van der Waals surface area contributed by atoms with Gasteiger partial charge in [0.15, 0.2) is 0 Å². The molecule has 1 heterocycles. The lowest BCUT2D eigenvalue weighted by molar-refractivity contribution is -0.145. The van der Waals surface area contributed by atoms with Crippen LogP contribution in [0.15, 0.2) is 30.3 Å². The Bertz CT molecular complexity index is 785. The molecular weight excluding hydrogens is 400 g/mol. The molecule has 2 rings (SSSR count). The van der Waals surface area contributed by atoms with Gasteiger partial charge in [-0.2, -0.15) is 0 Å². The van der Waals surface area contributed by atoms with Crippen molar-refractivity contribution in [3.63, 3.8) is 0 Å². The third kappa shape index (κ3) is 6.52. The van der Waals surface area contributed by atoms with E-state index in [1.165, 1.54) is 4.90 Å². The van der Waals surface area contributed by atoms with Crippen LogP contribution in [0.2, 0.25) is 0 Å². The second kappa shape index (κ2) is 11.5. The number of likely N-dealkylation sites (tertiary alicyclic amines) is 1. The fraction of sp³-hybridized carbons (Fsp3) is 0.545.